The number of rotatable bonds is 9. The first-order valence-electron chi connectivity index (χ1n) is 14.1. The van der Waals surface area contributed by atoms with Gasteiger partial charge in [0.2, 0.25) is 0 Å². The lowest BCUT2D eigenvalue weighted by molar-refractivity contribution is 0.0597. The second-order valence-corrected chi connectivity index (χ2v) is 11.0. The number of amides is 1. The van der Waals surface area contributed by atoms with Crippen LogP contribution in [0.1, 0.15) is 38.9 Å². The summed E-state index contributed by atoms with van der Waals surface area (Å²) < 4.78 is 29.1. The summed E-state index contributed by atoms with van der Waals surface area (Å²) >= 11 is 1.13. The summed E-state index contributed by atoms with van der Waals surface area (Å²) in [7, 11) is 1.54. The lowest BCUT2D eigenvalue weighted by atomic mass is 9.96. The minimum atomic E-state index is -0.282. The fraction of sp³-hybridized carbons (Fsp3) is 0.206. The van der Waals surface area contributed by atoms with Crippen LogP contribution in [0.3, 0.4) is 0 Å². The number of aromatic nitrogens is 2. The predicted molar refractivity (Wildman–Crippen MR) is 164 cm³/mol. The van der Waals surface area contributed by atoms with Crippen molar-refractivity contribution in [3.05, 3.63) is 137 Å². The summed E-state index contributed by atoms with van der Waals surface area (Å²) in [5.41, 5.74) is 3.93. The first-order chi connectivity index (χ1) is 21.1. The molecular formula is C34H31FN4O3S. The van der Waals surface area contributed by atoms with Crippen LogP contribution in [-0.4, -0.2) is 58.4 Å². The number of hydrogen-bond acceptors (Lipinski definition) is 7. The number of halogens is 1. The molecule has 0 saturated carbocycles. The molecule has 2 heterocycles. The summed E-state index contributed by atoms with van der Waals surface area (Å²) in [5, 5.41) is 0.358. The van der Waals surface area contributed by atoms with Gasteiger partial charge in [-0.3, -0.25) is 9.69 Å². The molecule has 0 aliphatic carbocycles. The van der Waals surface area contributed by atoms with Crippen LogP contribution in [0.5, 0.6) is 16.7 Å². The van der Waals surface area contributed by atoms with Crippen molar-refractivity contribution < 1.29 is 18.7 Å². The van der Waals surface area contributed by atoms with Crippen LogP contribution in [-0.2, 0) is 6.42 Å². The molecular weight excluding hydrogens is 563 g/mol. The van der Waals surface area contributed by atoms with E-state index in [4.69, 9.17) is 9.47 Å². The molecule has 0 N–H and O–H groups in total. The Labute approximate surface area is 254 Å². The molecule has 1 aromatic heterocycles. The Kier molecular flexibility index (Phi) is 8.72. The van der Waals surface area contributed by atoms with E-state index < -0.39 is 0 Å². The van der Waals surface area contributed by atoms with Crippen molar-refractivity contribution in [1.82, 2.24) is 19.2 Å². The van der Waals surface area contributed by atoms with Crippen LogP contribution in [0.4, 0.5) is 4.39 Å². The van der Waals surface area contributed by atoms with E-state index in [0.29, 0.717) is 47.6 Å². The van der Waals surface area contributed by atoms with E-state index in [1.54, 1.807) is 37.4 Å². The highest BCUT2D eigenvalue weighted by Crippen LogP contribution is 2.34. The zero-order chi connectivity index (χ0) is 29.6. The molecule has 7 nitrogen and oxygen atoms in total. The molecule has 4 aromatic carbocycles. The number of nitrogens with zero attached hydrogens (tertiary/aromatic N) is 4. The topological polar surface area (TPSA) is 67.8 Å². The van der Waals surface area contributed by atoms with Gasteiger partial charge in [-0.1, -0.05) is 72.8 Å². The average molecular weight is 595 g/mol. The second kappa shape index (κ2) is 13.1. The molecule has 1 aliphatic heterocycles. The van der Waals surface area contributed by atoms with E-state index >= 15 is 0 Å². The van der Waals surface area contributed by atoms with Crippen molar-refractivity contribution in [1.29, 1.82) is 0 Å². The highest BCUT2D eigenvalue weighted by atomic mass is 32.1. The van der Waals surface area contributed by atoms with Gasteiger partial charge in [-0.05, 0) is 47.0 Å². The fourth-order valence-electron chi connectivity index (χ4n) is 5.37. The molecule has 1 aliphatic rings. The minimum Gasteiger partial charge on any atom is -0.493 e. The zero-order valence-corrected chi connectivity index (χ0v) is 24.5. The summed E-state index contributed by atoms with van der Waals surface area (Å²) in [6.45, 7) is 2.76. The molecule has 0 atom stereocenters. The van der Waals surface area contributed by atoms with Gasteiger partial charge in [-0.25, -0.2) is 4.39 Å². The molecule has 0 radical (unpaired) electrons. The lowest BCUT2D eigenvalue weighted by Crippen LogP contribution is -2.49. The maximum absolute atomic E-state index is 13.5. The minimum absolute atomic E-state index is 0.0435. The van der Waals surface area contributed by atoms with Crippen molar-refractivity contribution in [3.63, 3.8) is 0 Å². The molecule has 1 saturated heterocycles. The molecule has 218 valence electrons. The van der Waals surface area contributed by atoms with E-state index in [1.165, 1.54) is 23.3 Å². The third kappa shape index (κ3) is 6.74. The van der Waals surface area contributed by atoms with Crippen LogP contribution >= 0.6 is 11.5 Å². The van der Waals surface area contributed by atoms with E-state index in [1.807, 2.05) is 17.0 Å². The molecule has 5 aromatic rings. The Bertz CT molecular complexity index is 1620. The Hall–Kier alpha value is -4.60. The molecule has 6 rings (SSSR count). The number of ether oxygens (including phenoxy) is 2. The molecule has 0 unspecified atom stereocenters. The molecule has 43 heavy (non-hydrogen) atoms. The van der Waals surface area contributed by atoms with Crippen molar-refractivity contribution in [3.8, 4) is 16.7 Å². The molecule has 1 amide bonds. The van der Waals surface area contributed by atoms with Gasteiger partial charge in [-0.15, -0.1) is 0 Å². The van der Waals surface area contributed by atoms with Gasteiger partial charge < -0.3 is 14.4 Å². The van der Waals surface area contributed by atoms with E-state index in [-0.39, 0.29) is 17.8 Å². The summed E-state index contributed by atoms with van der Waals surface area (Å²) in [5.74, 6) is 1.14. The van der Waals surface area contributed by atoms with Crippen LogP contribution in [0.2, 0.25) is 0 Å². The lowest BCUT2D eigenvalue weighted by Gasteiger charge is -2.39. The normalized spacial score (nSPS) is 13.7. The van der Waals surface area contributed by atoms with Crippen molar-refractivity contribution >= 4 is 17.4 Å². The first kappa shape index (κ1) is 28.5. The first-order valence-corrected chi connectivity index (χ1v) is 14.9. The molecule has 1 fully saturated rings. The van der Waals surface area contributed by atoms with Gasteiger partial charge in [0.05, 0.1) is 13.2 Å². The van der Waals surface area contributed by atoms with Crippen molar-refractivity contribution in [2.24, 2.45) is 0 Å². The summed E-state index contributed by atoms with van der Waals surface area (Å²) in [6.07, 6.45) is 0.468. The van der Waals surface area contributed by atoms with Crippen LogP contribution in [0, 0.1) is 5.82 Å². The van der Waals surface area contributed by atoms with E-state index in [0.717, 1.165) is 30.2 Å². The van der Waals surface area contributed by atoms with Crippen molar-refractivity contribution in [2.75, 3.05) is 33.3 Å². The van der Waals surface area contributed by atoms with Crippen LogP contribution < -0.4 is 9.47 Å². The number of carbonyl (C=O) groups is 1. The maximum Gasteiger partial charge on any atom is 0.298 e. The van der Waals surface area contributed by atoms with Gasteiger partial charge in [0.1, 0.15) is 5.82 Å². The van der Waals surface area contributed by atoms with Crippen LogP contribution in [0.15, 0.2) is 103 Å². The third-order valence-electron chi connectivity index (χ3n) is 7.53. The van der Waals surface area contributed by atoms with Crippen molar-refractivity contribution in [2.45, 2.75) is 12.5 Å². The Balaban J connectivity index is 1.11. The van der Waals surface area contributed by atoms with E-state index in [9.17, 15) is 9.18 Å². The Morgan fingerprint density at radius 3 is 2.14 bits per heavy atom. The maximum atomic E-state index is 13.5. The smallest absolute Gasteiger partial charge is 0.298 e. The molecule has 9 heteroatoms. The quantitative estimate of drug-likeness (QED) is 0.191. The number of carbonyl (C=O) groups excluding carboxylic acids is 1. The number of benzene rings is 4. The van der Waals surface area contributed by atoms with Gasteiger partial charge in [0.25, 0.3) is 11.1 Å². The highest BCUT2D eigenvalue weighted by molar-refractivity contribution is 7.07. The SMILES string of the molecule is COc1cc(C(=O)N2CCN(C(c3ccccc3)c3ccccc3)CC2)ccc1Oc1nc(Cc2ccc(F)cc2)ns1. The summed E-state index contributed by atoms with van der Waals surface area (Å²) in [6, 6.07) is 32.6. The van der Waals surface area contributed by atoms with Gasteiger partial charge in [0, 0.05) is 49.7 Å². The third-order valence-corrected chi connectivity index (χ3v) is 8.16. The molecule has 0 spiro atoms. The standard InChI is InChI=1S/C34H31FN4O3S/c1-41-30-23-27(14-17-29(30)42-34-36-31(37-43-34)22-24-12-15-28(35)16-13-24)33(40)39-20-18-38(19-21-39)32(25-8-4-2-5-9-25)26-10-6-3-7-11-26/h2-17,23,32H,18-22H2,1H3. The second-order valence-electron chi connectivity index (χ2n) is 10.3. The fourth-order valence-corrected chi connectivity index (χ4v) is 5.93. The van der Waals surface area contributed by atoms with Gasteiger partial charge >= 0.3 is 0 Å². The Morgan fingerprint density at radius 2 is 1.51 bits per heavy atom. The van der Waals surface area contributed by atoms with Crippen LogP contribution in [0.25, 0.3) is 0 Å². The number of methoxy groups -OCH3 is 1. The van der Waals surface area contributed by atoms with Gasteiger partial charge in [-0.2, -0.15) is 9.36 Å². The largest absolute Gasteiger partial charge is 0.493 e. The van der Waals surface area contributed by atoms with Gasteiger partial charge in [0.15, 0.2) is 17.3 Å². The average Bonchev–Trinajstić information content (AvgIpc) is 3.50. The number of piperazine rings is 1. The number of hydrogen-bond donors (Lipinski definition) is 0. The zero-order valence-electron chi connectivity index (χ0n) is 23.7. The predicted octanol–water partition coefficient (Wildman–Crippen LogP) is 6.62. The molecule has 0 bridgehead atoms. The highest BCUT2D eigenvalue weighted by Gasteiger charge is 2.29. The Morgan fingerprint density at radius 1 is 0.860 bits per heavy atom. The monoisotopic (exact) mass is 594 g/mol. The van der Waals surface area contributed by atoms with E-state index in [2.05, 4.69) is 62.8 Å². The summed E-state index contributed by atoms with van der Waals surface area (Å²) in [4.78, 5) is 22.3.